The van der Waals surface area contributed by atoms with E-state index in [2.05, 4.69) is 40.7 Å². The summed E-state index contributed by atoms with van der Waals surface area (Å²) in [6.07, 6.45) is 5.28. The molecule has 118 valence electrons. The van der Waals surface area contributed by atoms with Crippen molar-refractivity contribution >= 4 is 11.2 Å². The fourth-order valence-corrected chi connectivity index (χ4v) is 3.33. The Morgan fingerprint density at radius 1 is 1.26 bits per heavy atom. The van der Waals surface area contributed by atoms with Gasteiger partial charge in [-0.05, 0) is 37.5 Å². The standard InChI is InChI=1S/C19H21N3O/c1-14-5-2-6-15(11-14)13-22-18(12-16-7-4-10-23-16)21-17-8-3-9-20-19(17)22/h2-3,5-6,8-9,11,16H,4,7,10,12-13H2,1H3. The highest BCUT2D eigenvalue weighted by Gasteiger charge is 2.20. The van der Waals surface area contributed by atoms with Crippen molar-refractivity contribution in [3.8, 4) is 0 Å². The maximum Gasteiger partial charge on any atom is 0.160 e. The van der Waals surface area contributed by atoms with Crippen LogP contribution in [0.15, 0.2) is 42.6 Å². The highest BCUT2D eigenvalue weighted by Crippen LogP contribution is 2.21. The van der Waals surface area contributed by atoms with Gasteiger partial charge >= 0.3 is 0 Å². The molecule has 1 saturated heterocycles. The molecule has 1 unspecified atom stereocenters. The number of fused-ring (bicyclic) bond motifs is 1. The van der Waals surface area contributed by atoms with Gasteiger partial charge < -0.3 is 9.30 Å². The molecule has 1 atom stereocenters. The van der Waals surface area contributed by atoms with E-state index in [1.54, 1.807) is 0 Å². The zero-order valence-electron chi connectivity index (χ0n) is 13.4. The van der Waals surface area contributed by atoms with Gasteiger partial charge in [0.1, 0.15) is 11.3 Å². The predicted molar refractivity (Wildman–Crippen MR) is 90.5 cm³/mol. The van der Waals surface area contributed by atoms with Crippen LogP contribution in [0.1, 0.15) is 29.8 Å². The molecule has 0 spiro atoms. The van der Waals surface area contributed by atoms with Gasteiger partial charge in [0.2, 0.25) is 0 Å². The molecule has 1 aliphatic heterocycles. The number of rotatable bonds is 4. The summed E-state index contributed by atoms with van der Waals surface area (Å²) in [6.45, 7) is 3.80. The number of aromatic nitrogens is 3. The van der Waals surface area contributed by atoms with Gasteiger partial charge in [-0.2, -0.15) is 0 Å². The van der Waals surface area contributed by atoms with Crippen LogP contribution >= 0.6 is 0 Å². The van der Waals surface area contributed by atoms with Crippen LogP contribution in [-0.4, -0.2) is 27.2 Å². The maximum atomic E-state index is 5.80. The van der Waals surface area contributed by atoms with Crippen molar-refractivity contribution in [3.63, 3.8) is 0 Å². The first-order valence-corrected chi connectivity index (χ1v) is 8.27. The Labute approximate surface area is 136 Å². The second-order valence-corrected chi connectivity index (χ2v) is 6.29. The van der Waals surface area contributed by atoms with Crippen LogP contribution in [0.4, 0.5) is 0 Å². The number of hydrogen-bond donors (Lipinski definition) is 0. The van der Waals surface area contributed by atoms with E-state index in [1.807, 2.05) is 18.3 Å². The van der Waals surface area contributed by atoms with Gasteiger partial charge in [-0.1, -0.05) is 29.8 Å². The predicted octanol–water partition coefficient (Wildman–Crippen LogP) is 3.51. The molecule has 1 aliphatic rings. The van der Waals surface area contributed by atoms with Crippen LogP contribution in [0.25, 0.3) is 11.2 Å². The Morgan fingerprint density at radius 2 is 2.22 bits per heavy atom. The first-order chi connectivity index (χ1) is 11.3. The topological polar surface area (TPSA) is 39.9 Å². The SMILES string of the molecule is Cc1cccc(Cn2c(CC3CCCO3)nc3cccnc32)c1. The van der Waals surface area contributed by atoms with E-state index >= 15 is 0 Å². The lowest BCUT2D eigenvalue weighted by molar-refractivity contribution is 0.109. The minimum Gasteiger partial charge on any atom is -0.378 e. The Bertz CT molecular complexity index is 818. The first kappa shape index (κ1) is 14.4. The molecule has 0 N–H and O–H groups in total. The molecule has 0 radical (unpaired) electrons. The van der Waals surface area contributed by atoms with E-state index < -0.39 is 0 Å². The van der Waals surface area contributed by atoms with Crippen molar-refractivity contribution in [2.75, 3.05) is 6.61 Å². The number of imidazole rings is 1. The van der Waals surface area contributed by atoms with Crippen LogP contribution in [-0.2, 0) is 17.7 Å². The van der Waals surface area contributed by atoms with Crippen molar-refractivity contribution in [1.29, 1.82) is 0 Å². The fraction of sp³-hybridized carbons (Fsp3) is 0.368. The van der Waals surface area contributed by atoms with Gasteiger partial charge in [-0.25, -0.2) is 9.97 Å². The Kier molecular flexibility index (Phi) is 3.83. The number of ether oxygens (including phenoxy) is 1. The quantitative estimate of drug-likeness (QED) is 0.740. The number of aryl methyl sites for hydroxylation is 1. The van der Waals surface area contributed by atoms with Crippen LogP contribution in [0.2, 0.25) is 0 Å². The smallest absolute Gasteiger partial charge is 0.160 e. The minimum atomic E-state index is 0.295. The zero-order chi connectivity index (χ0) is 15.6. The highest BCUT2D eigenvalue weighted by atomic mass is 16.5. The third-order valence-corrected chi connectivity index (χ3v) is 4.44. The molecule has 4 heteroatoms. The Balaban J connectivity index is 1.72. The van der Waals surface area contributed by atoms with Crippen molar-refractivity contribution in [1.82, 2.24) is 14.5 Å². The molecule has 3 heterocycles. The molecule has 23 heavy (non-hydrogen) atoms. The third kappa shape index (κ3) is 2.99. The molecule has 0 aliphatic carbocycles. The fourth-order valence-electron chi connectivity index (χ4n) is 3.33. The van der Waals surface area contributed by atoms with E-state index in [-0.39, 0.29) is 0 Å². The molecule has 1 aromatic carbocycles. The van der Waals surface area contributed by atoms with Crippen molar-refractivity contribution in [3.05, 3.63) is 59.5 Å². The number of hydrogen-bond acceptors (Lipinski definition) is 3. The molecule has 2 aromatic heterocycles. The summed E-state index contributed by atoms with van der Waals surface area (Å²) in [5.41, 5.74) is 4.49. The first-order valence-electron chi connectivity index (χ1n) is 8.27. The molecule has 4 nitrogen and oxygen atoms in total. The number of pyridine rings is 1. The molecule has 1 fully saturated rings. The van der Waals surface area contributed by atoms with Gasteiger partial charge in [-0.15, -0.1) is 0 Å². The summed E-state index contributed by atoms with van der Waals surface area (Å²) in [7, 11) is 0. The maximum absolute atomic E-state index is 5.80. The number of nitrogens with zero attached hydrogens (tertiary/aromatic N) is 3. The lowest BCUT2D eigenvalue weighted by Crippen LogP contribution is -2.14. The Morgan fingerprint density at radius 3 is 3.04 bits per heavy atom. The van der Waals surface area contributed by atoms with Crippen LogP contribution in [0.3, 0.4) is 0 Å². The number of benzene rings is 1. The van der Waals surface area contributed by atoms with E-state index in [0.29, 0.717) is 6.10 Å². The summed E-state index contributed by atoms with van der Waals surface area (Å²) in [5, 5.41) is 0. The summed E-state index contributed by atoms with van der Waals surface area (Å²) >= 11 is 0. The zero-order valence-corrected chi connectivity index (χ0v) is 13.4. The van der Waals surface area contributed by atoms with E-state index in [9.17, 15) is 0 Å². The van der Waals surface area contributed by atoms with Gasteiger partial charge in [0.05, 0.1) is 12.6 Å². The molecule has 4 rings (SSSR count). The monoisotopic (exact) mass is 307 g/mol. The lowest BCUT2D eigenvalue weighted by Gasteiger charge is -2.12. The highest BCUT2D eigenvalue weighted by molar-refractivity contribution is 5.71. The van der Waals surface area contributed by atoms with Crippen LogP contribution in [0.5, 0.6) is 0 Å². The normalized spacial score (nSPS) is 17.9. The largest absolute Gasteiger partial charge is 0.378 e. The molecular formula is C19H21N3O. The average Bonchev–Trinajstić information content (AvgIpc) is 3.17. The van der Waals surface area contributed by atoms with Crippen LogP contribution < -0.4 is 0 Å². The molecule has 0 bridgehead atoms. The summed E-state index contributed by atoms with van der Waals surface area (Å²) in [5.74, 6) is 1.08. The Hall–Kier alpha value is -2.20. The average molecular weight is 307 g/mol. The van der Waals surface area contributed by atoms with Crippen molar-refractivity contribution < 1.29 is 4.74 Å². The molecule has 0 amide bonds. The second kappa shape index (κ2) is 6.13. The third-order valence-electron chi connectivity index (χ3n) is 4.44. The van der Waals surface area contributed by atoms with Gasteiger partial charge in [-0.3, -0.25) is 0 Å². The van der Waals surface area contributed by atoms with Crippen molar-refractivity contribution in [2.45, 2.75) is 38.8 Å². The molecule has 3 aromatic rings. The lowest BCUT2D eigenvalue weighted by atomic mass is 10.1. The van der Waals surface area contributed by atoms with E-state index in [4.69, 9.17) is 9.72 Å². The summed E-state index contributed by atoms with van der Waals surface area (Å²) < 4.78 is 8.05. The molecular weight excluding hydrogens is 286 g/mol. The van der Waals surface area contributed by atoms with Crippen molar-refractivity contribution in [2.24, 2.45) is 0 Å². The van der Waals surface area contributed by atoms with Gasteiger partial charge in [0, 0.05) is 19.2 Å². The molecule has 0 saturated carbocycles. The van der Waals surface area contributed by atoms with Crippen LogP contribution in [0, 0.1) is 6.92 Å². The van der Waals surface area contributed by atoms with Gasteiger partial charge in [0.15, 0.2) is 5.65 Å². The second-order valence-electron chi connectivity index (χ2n) is 6.29. The summed E-state index contributed by atoms with van der Waals surface area (Å²) in [4.78, 5) is 9.37. The minimum absolute atomic E-state index is 0.295. The van der Waals surface area contributed by atoms with E-state index in [1.165, 1.54) is 11.1 Å². The van der Waals surface area contributed by atoms with Gasteiger partial charge in [0.25, 0.3) is 0 Å². The summed E-state index contributed by atoms with van der Waals surface area (Å²) in [6, 6.07) is 12.6. The van der Waals surface area contributed by atoms with E-state index in [0.717, 1.165) is 49.4 Å².